The maximum atomic E-state index is 11.5. The summed E-state index contributed by atoms with van der Waals surface area (Å²) in [5.74, 6) is 0. The quantitative estimate of drug-likeness (QED) is 0.678. The molecule has 0 aromatic heterocycles. The SMILES string of the molecule is CCCCCCCC(C)OC(=O)NC(C)(C)C. The normalized spacial score (nSPS) is 13.2. The number of unbranched alkanes of at least 4 members (excludes halogenated alkanes) is 4. The molecule has 0 heterocycles. The van der Waals surface area contributed by atoms with Crippen molar-refractivity contribution in [1.29, 1.82) is 0 Å². The molecule has 0 aromatic rings. The van der Waals surface area contributed by atoms with Crippen LogP contribution in [0.2, 0.25) is 0 Å². The molecular weight excluding hydrogens is 214 g/mol. The molecule has 3 nitrogen and oxygen atoms in total. The first-order chi connectivity index (χ1) is 7.85. The number of carbonyl (C=O) groups excluding carboxylic acids is 1. The van der Waals surface area contributed by atoms with Crippen LogP contribution in [0.4, 0.5) is 4.79 Å². The zero-order valence-electron chi connectivity index (χ0n) is 12.1. The van der Waals surface area contributed by atoms with Gasteiger partial charge in [0.15, 0.2) is 0 Å². The van der Waals surface area contributed by atoms with E-state index in [-0.39, 0.29) is 17.7 Å². The van der Waals surface area contributed by atoms with Crippen molar-refractivity contribution < 1.29 is 9.53 Å². The third-order valence-corrected chi connectivity index (χ3v) is 2.50. The van der Waals surface area contributed by atoms with Gasteiger partial charge in [0.05, 0.1) is 0 Å². The Morgan fingerprint density at radius 1 is 1.18 bits per heavy atom. The fourth-order valence-electron chi connectivity index (χ4n) is 1.61. The van der Waals surface area contributed by atoms with Gasteiger partial charge in [-0.15, -0.1) is 0 Å². The lowest BCUT2D eigenvalue weighted by atomic mass is 10.1. The predicted molar refractivity (Wildman–Crippen MR) is 72.2 cm³/mol. The molecule has 0 saturated carbocycles. The van der Waals surface area contributed by atoms with Crippen LogP contribution in [0.15, 0.2) is 0 Å². The van der Waals surface area contributed by atoms with Gasteiger partial charge in [-0.1, -0.05) is 32.6 Å². The van der Waals surface area contributed by atoms with E-state index in [0.29, 0.717) is 0 Å². The monoisotopic (exact) mass is 243 g/mol. The van der Waals surface area contributed by atoms with Crippen LogP contribution < -0.4 is 5.32 Å². The summed E-state index contributed by atoms with van der Waals surface area (Å²) in [5, 5.41) is 2.80. The van der Waals surface area contributed by atoms with Gasteiger partial charge < -0.3 is 10.1 Å². The van der Waals surface area contributed by atoms with E-state index in [1.54, 1.807) is 0 Å². The molecule has 0 bridgehead atoms. The summed E-state index contributed by atoms with van der Waals surface area (Å²) in [4.78, 5) is 11.5. The molecule has 1 amide bonds. The molecule has 102 valence electrons. The standard InChI is InChI=1S/C14H29NO2/c1-6-7-8-9-10-11-12(2)17-13(16)15-14(3,4)5/h12H,6-11H2,1-5H3,(H,15,16). The number of hydrogen-bond acceptors (Lipinski definition) is 2. The predicted octanol–water partition coefficient (Wildman–Crippen LogP) is 4.26. The van der Waals surface area contributed by atoms with Gasteiger partial charge in [-0.05, 0) is 40.5 Å². The molecule has 0 radical (unpaired) electrons. The van der Waals surface area contributed by atoms with Crippen molar-refractivity contribution in [3.8, 4) is 0 Å². The Morgan fingerprint density at radius 2 is 1.76 bits per heavy atom. The van der Waals surface area contributed by atoms with Crippen LogP contribution in [-0.2, 0) is 4.74 Å². The van der Waals surface area contributed by atoms with Crippen LogP contribution in [0.5, 0.6) is 0 Å². The van der Waals surface area contributed by atoms with Crippen molar-refractivity contribution in [2.24, 2.45) is 0 Å². The smallest absolute Gasteiger partial charge is 0.407 e. The van der Waals surface area contributed by atoms with E-state index in [2.05, 4.69) is 12.2 Å². The molecule has 0 aliphatic carbocycles. The first-order valence-corrected chi connectivity index (χ1v) is 6.84. The zero-order chi connectivity index (χ0) is 13.3. The van der Waals surface area contributed by atoms with Crippen LogP contribution in [0.3, 0.4) is 0 Å². The first kappa shape index (κ1) is 16.3. The summed E-state index contributed by atoms with van der Waals surface area (Å²) >= 11 is 0. The van der Waals surface area contributed by atoms with Crippen LogP contribution in [0, 0.1) is 0 Å². The lowest BCUT2D eigenvalue weighted by molar-refractivity contribution is 0.0942. The van der Waals surface area contributed by atoms with Crippen molar-refractivity contribution in [2.75, 3.05) is 0 Å². The molecule has 0 rings (SSSR count). The van der Waals surface area contributed by atoms with Crippen LogP contribution in [0.1, 0.15) is 73.1 Å². The van der Waals surface area contributed by atoms with E-state index in [1.165, 1.54) is 25.7 Å². The number of hydrogen-bond donors (Lipinski definition) is 1. The highest BCUT2D eigenvalue weighted by Crippen LogP contribution is 2.10. The molecule has 1 N–H and O–H groups in total. The van der Waals surface area contributed by atoms with Crippen LogP contribution >= 0.6 is 0 Å². The molecule has 0 fully saturated rings. The Morgan fingerprint density at radius 3 is 2.29 bits per heavy atom. The number of carbonyl (C=O) groups is 1. The highest BCUT2D eigenvalue weighted by molar-refractivity contribution is 5.68. The zero-order valence-corrected chi connectivity index (χ0v) is 12.1. The van der Waals surface area contributed by atoms with Crippen LogP contribution in [-0.4, -0.2) is 17.7 Å². The number of alkyl carbamates (subject to hydrolysis) is 1. The fourth-order valence-corrected chi connectivity index (χ4v) is 1.61. The number of rotatable bonds is 7. The average molecular weight is 243 g/mol. The Bertz CT molecular complexity index is 209. The van der Waals surface area contributed by atoms with E-state index in [9.17, 15) is 4.79 Å². The fraction of sp³-hybridized carbons (Fsp3) is 0.929. The second kappa shape index (κ2) is 8.37. The summed E-state index contributed by atoms with van der Waals surface area (Å²) < 4.78 is 5.28. The van der Waals surface area contributed by atoms with Gasteiger partial charge in [0.25, 0.3) is 0 Å². The Kier molecular flexibility index (Phi) is 8.01. The van der Waals surface area contributed by atoms with E-state index >= 15 is 0 Å². The van der Waals surface area contributed by atoms with Gasteiger partial charge >= 0.3 is 6.09 Å². The van der Waals surface area contributed by atoms with Crippen molar-refractivity contribution in [3.63, 3.8) is 0 Å². The summed E-state index contributed by atoms with van der Waals surface area (Å²) in [6.45, 7) is 10.0. The lowest BCUT2D eigenvalue weighted by Crippen LogP contribution is -2.42. The third-order valence-electron chi connectivity index (χ3n) is 2.50. The summed E-state index contributed by atoms with van der Waals surface area (Å²) in [6.07, 6.45) is 6.91. The van der Waals surface area contributed by atoms with Crippen LogP contribution in [0.25, 0.3) is 0 Å². The van der Waals surface area contributed by atoms with E-state index < -0.39 is 0 Å². The third kappa shape index (κ3) is 11.5. The summed E-state index contributed by atoms with van der Waals surface area (Å²) in [7, 11) is 0. The molecule has 0 aliphatic heterocycles. The molecule has 1 atom stereocenters. The second-order valence-electron chi connectivity index (χ2n) is 5.79. The molecular formula is C14H29NO2. The molecule has 0 saturated heterocycles. The maximum absolute atomic E-state index is 11.5. The van der Waals surface area contributed by atoms with Gasteiger partial charge in [0, 0.05) is 5.54 Å². The number of amides is 1. The minimum absolute atomic E-state index is 0.0129. The molecule has 0 aromatic carbocycles. The summed E-state index contributed by atoms with van der Waals surface area (Å²) in [5.41, 5.74) is -0.224. The largest absolute Gasteiger partial charge is 0.447 e. The second-order valence-corrected chi connectivity index (χ2v) is 5.79. The Labute approximate surface area is 106 Å². The van der Waals surface area contributed by atoms with Crippen molar-refractivity contribution in [3.05, 3.63) is 0 Å². The van der Waals surface area contributed by atoms with Crippen molar-refractivity contribution in [2.45, 2.75) is 84.8 Å². The topological polar surface area (TPSA) is 38.3 Å². The Hall–Kier alpha value is -0.730. The Balaban J connectivity index is 3.57. The minimum Gasteiger partial charge on any atom is -0.447 e. The highest BCUT2D eigenvalue weighted by atomic mass is 16.6. The van der Waals surface area contributed by atoms with Gasteiger partial charge in [0.2, 0.25) is 0 Å². The van der Waals surface area contributed by atoms with E-state index in [1.807, 2.05) is 27.7 Å². The molecule has 0 spiro atoms. The maximum Gasteiger partial charge on any atom is 0.407 e. The van der Waals surface area contributed by atoms with Gasteiger partial charge in [-0.25, -0.2) is 4.79 Å². The summed E-state index contributed by atoms with van der Waals surface area (Å²) in [6, 6.07) is 0. The van der Waals surface area contributed by atoms with Gasteiger partial charge in [-0.2, -0.15) is 0 Å². The molecule has 3 heteroatoms. The minimum atomic E-state index is -0.307. The molecule has 1 unspecified atom stereocenters. The van der Waals surface area contributed by atoms with Crippen molar-refractivity contribution in [1.82, 2.24) is 5.32 Å². The van der Waals surface area contributed by atoms with Gasteiger partial charge in [0.1, 0.15) is 6.10 Å². The van der Waals surface area contributed by atoms with Crippen molar-refractivity contribution >= 4 is 6.09 Å². The number of ether oxygens (including phenoxy) is 1. The number of nitrogens with one attached hydrogen (secondary N) is 1. The van der Waals surface area contributed by atoms with E-state index in [4.69, 9.17) is 4.74 Å². The lowest BCUT2D eigenvalue weighted by Gasteiger charge is -2.22. The highest BCUT2D eigenvalue weighted by Gasteiger charge is 2.16. The molecule has 17 heavy (non-hydrogen) atoms. The van der Waals surface area contributed by atoms with Gasteiger partial charge in [-0.3, -0.25) is 0 Å². The molecule has 0 aliphatic rings. The first-order valence-electron chi connectivity index (χ1n) is 6.84. The average Bonchev–Trinajstić information content (AvgIpc) is 2.14. The van der Waals surface area contributed by atoms with E-state index in [0.717, 1.165) is 12.8 Å².